The predicted molar refractivity (Wildman–Crippen MR) is 99.7 cm³/mol. The molecule has 0 bridgehead atoms. The quantitative estimate of drug-likeness (QED) is 0.868. The van der Waals surface area contributed by atoms with Gasteiger partial charge >= 0.3 is 0 Å². The minimum atomic E-state index is -2.92. The van der Waals surface area contributed by atoms with Gasteiger partial charge < -0.3 is 20.1 Å². The van der Waals surface area contributed by atoms with Crippen molar-refractivity contribution >= 4 is 5.95 Å². The Balaban J connectivity index is 1.64. The second kappa shape index (κ2) is 6.09. The molecule has 0 saturated carbocycles. The molecule has 3 aliphatic rings. The summed E-state index contributed by atoms with van der Waals surface area (Å²) in [7, 11) is 1.58. The van der Waals surface area contributed by atoms with E-state index in [2.05, 4.69) is 9.97 Å². The molecule has 8 heteroatoms. The Labute approximate surface area is 161 Å². The van der Waals surface area contributed by atoms with E-state index >= 15 is 0 Å². The number of anilines is 1. The second-order valence-corrected chi connectivity index (χ2v) is 7.81. The number of nitrogens with zero attached hydrogens (tertiary/aromatic N) is 3. The number of hydrogen-bond donors (Lipinski definition) is 1. The van der Waals surface area contributed by atoms with Crippen LogP contribution in [0.2, 0.25) is 0 Å². The van der Waals surface area contributed by atoms with Crippen molar-refractivity contribution in [1.82, 2.24) is 9.97 Å². The predicted octanol–water partition coefficient (Wildman–Crippen LogP) is 2.58. The Kier molecular flexibility index (Phi) is 3.86. The van der Waals surface area contributed by atoms with Crippen molar-refractivity contribution in [3.63, 3.8) is 0 Å². The van der Waals surface area contributed by atoms with Gasteiger partial charge in [-0.25, -0.2) is 9.97 Å². The molecule has 148 valence electrons. The van der Waals surface area contributed by atoms with E-state index in [0.29, 0.717) is 36.2 Å². The Bertz CT molecular complexity index is 942. The maximum atomic E-state index is 14.5. The lowest BCUT2D eigenvalue weighted by molar-refractivity contribution is -0.0578. The maximum Gasteiger partial charge on any atom is 0.290 e. The van der Waals surface area contributed by atoms with Gasteiger partial charge in [0.2, 0.25) is 5.95 Å². The monoisotopic (exact) mass is 388 g/mol. The number of benzene rings is 1. The molecular weight excluding hydrogens is 366 g/mol. The van der Waals surface area contributed by atoms with E-state index < -0.39 is 11.5 Å². The minimum Gasteiger partial charge on any atom is -0.496 e. The van der Waals surface area contributed by atoms with Gasteiger partial charge in [0, 0.05) is 36.2 Å². The number of aromatic nitrogens is 2. The van der Waals surface area contributed by atoms with Crippen LogP contribution in [-0.4, -0.2) is 43.4 Å². The van der Waals surface area contributed by atoms with Crippen LogP contribution >= 0.6 is 0 Å². The van der Waals surface area contributed by atoms with Crippen molar-refractivity contribution in [1.29, 1.82) is 0 Å². The molecule has 28 heavy (non-hydrogen) atoms. The van der Waals surface area contributed by atoms with Gasteiger partial charge in [0.15, 0.2) is 0 Å². The van der Waals surface area contributed by atoms with Crippen LogP contribution in [0.1, 0.15) is 29.7 Å². The third-order valence-corrected chi connectivity index (χ3v) is 5.90. The van der Waals surface area contributed by atoms with Gasteiger partial charge in [-0.05, 0) is 18.9 Å². The Hall–Kier alpha value is -2.32. The third kappa shape index (κ3) is 2.58. The zero-order valence-electron chi connectivity index (χ0n) is 15.7. The molecule has 0 unspecified atom stereocenters. The molecule has 5 rings (SSSR count). The van der Waals surface area contributed by atoms with Crippen molar-refractivity contribution in [3.8, 4) is 17.0 Å². The molecule has 1 aromatic carbocycles. The highest BCUT2D eigenvalue weighted by Crippen LogP contribution is 2.45. The number of hydrogen-bond acceptors (Lipinski definition) is 6. The topological polar surface area (TPSA) is 73.5 Å². The number of methoxy groups -OCH3 is 1. The van der Waals surface area contributed by atoms with Crippen LogP contribution in [0, 0.1) is 0 Å². The molecule has 1 aliphatic carbocycles. The van der Waals surface area contributed by atoms with Gasteiger partial charge in [-0.2, -0.15) is 8.78 Å². The van der Waals surface area contributed by atoms with Gasteiger partial charge in [-0.1, -0.05) is 12.1 Å². The number of ether oxygens (including phenoxy) is 2. The normalized spacial score (nSPS) is 21.6. The number of fused-ring (bicyclic) bond motifs is 1. The third-order valence-electron chi connectivity index (χ3n) is 5.90. The molecule has 0 radical (unpaired) electrons. The maximum absolute atomic E-state index is 14.5. The molecule has 2 fully saturated rings. The summed E-state index contributed by atoms with van der Waals surface area (Å²) in [5.41, 5.74) is 8.33. The molecule has 6 nitrogen and oxygen atoms in total. The molecule has 2 saturated heterocycles. The van der Waals surface area contributed by atoms with E-state index in [1.54, 1.807) is 7.11 Å². The fourth-order valence-electron chi connectivity index (χ4n) is 4.04. The van der Waals surface area contributed by atoms with Crippen LogP contribution < -0.4 is 15.4 Å². The molecule has 0 spiro atoms. The largest absolute Gasteiger partial charge is 0.496 e. The van der Waals surface area contributed by atoms with Crippen molar-refractivity contribution in [3.05, 3.63) is 35.0 Å². The van der Waals surface area contributed by atoms with Crippen molar-refractivity contribution < 1.29 is 18.3 Å². The summed E-state index contributed by atoms with van der Waals surface area (Å²) in [5.74, 6) is -1.92. The van der Waals surface area contributed by atoms with E-state index in [1.165, 1.54) is 0 Å². The van der Waals surface area contributed by atoms with Crippen molar-refractivity contribution in [2.45, 2.75) is 30.7 Å². The van der Waals surface area contributed by atoms with Crippen LogP contribution in [-0.2, 0) is 22.6 Å². The smallest absolute Gasteiger partial charge is 0.290 e. The van der Waals surface area contributed by atoms with Crippen LogP contribution in [0.15, 0.2) is 18.2 Å². The SMILES string of the molecule is COc1cc(-c2nc(N3CCC3)nc3c2CCC3(F)F)ccc1C1(N)COC1. The van der Waals surface area contributed by atoms with Crippen LogP contribution in [0.5, 0.6) is 5.75 Å². The summed E-state index contributed by atoms with van der Waals surface area (Å²) in [6, 6.07) is 5.60. The number of alkyl halides is 2. The lowest BCUT2D eigenvalue weighted by Gasteiger charge is -2.39. The molecular formula is C20H22F2N4O2. The first-order valence-corrected chi connectivity index (χ1v) is 9.51. The average Bonchev–Trinajstić information content (AvgIpc) is 2.92. The van der Waals surface area contributed by atoms with E-state index in [1.807, 2.05) is 23.1 Å². The van der Waals surface area contributed by atoms with Crippen LogP contribution in [0.25, 0.3) is 11.3 Å². The average molecular weight is 388 g/mol. The molecule has 0 amide bonds. The summed E-state index contributed by atoms with van der Waals surface area (Å²) >= 11 is 0. The molecule has 2 N–H and O–H groups in total. The first kappa shape index (κ1) is 17.8. The van der Waals surface area contributed by atoms with Crippen molar-refractivity contribution in [2.75, 3.05) is 38.3 Å². The van der Waals surface area contributed by atoms with Crippen LogP contribution in [0.3, 0.4) is 0 Å². The van der Waals surface area contributed by atoms with Crippen LogP contribution in [0.4, 0.5) is 14.7 Å². The molecule has 0 atom stereocenters. The summed E-state index contributed by atoms with van der Waals surface area (Å²) < 4.78 is 39.7. The number of halogens is 2. The standard InChI is InChI=1S/C20H22F2N4O2/c1-27-15-9-12(3-4-14(15)19(23)10-28-11-19)16-13-5-6-20(21,22)17(13)25-18(24-16)26-7-2-8-26/h3-4,9H,2,5-8,10-11,23H2,1H3. The second-order valence-electron chi connectivity index (χ2n) is 7.81. The van der Waals surface area contributed by atoms with E-state index in [-0.39, 0.29) is 18.5 Å². The highest BCUT2D eigenvalue weighted by molar-refractivity contribution is 5.69. The number of nitrogens with two attached hydrogens (primary N) is 1. The highest BCUT2D eigenvalue weighted by atomic mass is 19.3. The Morgan fingerprint density at radius 3 is 2.61 bits per heavy atom. The first-order valence-electron chi connectivity index (χ1n) is 9.51. The van der Waals surface area contributed by atoms with Gasteiger partial charge in [-0.3, -0.25) is 0 Å². The van der Waals surface area contributed by atoms with Gasteiger partial charge in [0.05, 0.1) is 31.6 Å². The zero-order chi connectivity index (χ0) is 19.5. The fourth-order valence-corrected chi connectivity index (χ4v) is 4.04. The van der Waals surface area contributed by atoms with Gasteiger partial charge in [0.25, 0.3) is 5.92 Å². The lowest BCUT2D eigenvalue weighted by atomic mass is 9.87. The van der Waals surface area contributed by atoms with E-state index in [4.69, 9.17) is 15.2 Å². The van der Waals surface area contributed by atoms with Gasteiger partial charge in [-0.15, -0.1) is 0 Å². The van der Waals surface area contributed by atoms with Gasteiger partial charge in [0.1, 0.15) is 11.4 Å². The summed E-state index contributed by atoms with van der Waals surface area (Å²) in [6.07, 6.45) is 1.05. The Morgan fingerprint density at radius 1 is 1.21 bits per heavy atom. The molecule has 2 aliphatic heterocycles. The summed E-state index contributed by atoms with van der Waals surface area (Å²) in [5, 5.41) is 0. The van der Waals surface area contributed by atoms with E-state index in [9.17, 15) is 8.78 Å². The van der Waals surface area contributed by atoms with Crippen molar-refractivity contribution in [2.24, 2.45) is 5.73 Å². The first-order chi connectivity index (χ1) is 13.4. The zero-order valence-corrected chi connectivity index (χ0v) is 15.7. The number of rotatable bonds is 4. The minimum absolute atomic E-state index is 0.134. The lowest BCUT2D eigenvalue weighted by Crippen LogP contribution is -2.54. The Morgan fingerprint density at radius 2 is 2.00 bits per heavy atom. The van der Waals surface area contributed by atoms with E-state index in [0.717, 1.165) is 30.6 Å². The molecule has 1 aromatic heterocycles. The highest BCUT2D eigenvalue weighted by Gasteiger charge is 2.44. The molecule has 3 heterocycles. The summed E-state index contributed by atoms with van der Waals surface area (Å²) in [4.78, 5) is 10.8. The molecule has 2 aromatic rings. The summed E-state index contributed by atoms with van der Waals surface area (Å²) in [6.45, 7) is 2.44. The fraction of sp³-hybridized carbons (Fsp3) is 0.500.